The summed E-state index contributed by atoms with van der Waals surface area (Å²) in [5.74, 6) is 6.67. The summed E-state index contributed by atoms with van der Waals surface area (Å²) in [6, 6.07) is 12.0. The normalized spacial score (nSPS) is 18.3. The molecule has 23 heavy (non-hydrogen) atoms. The monoisotopic (exact) mass is 310 g/mol. The summed E-state index contributed by atoms with van der Waals surface area (Å²) in [6.07, 6.45) is 3.09. The Labute approximate surface area is 137 Å². The van der Waals surface area contributed by atoms with Crippen molar-refractivity contribution >= 4 is 10.8 Å². The Balaban J connectivity index is 1.79. The lowest BCUT2D eigenvalue weighted by Gasteiger charge is -2.23. The van der Waals surface area contributed by atoms with E-state index in [1.165, 1.54) is 0 Å². The van der Waals surface area contributed by atoms with Crippen molar-refractivity contribution in [3.63, 3.8) is 0 Å². The van der Waals surface area contributed by atoms with Crippen LogP contribution in [0.3, 0.4) is 0 Å². The Morgan fingerprint density at radius 1 is 1.13 bits per heavy atom. The van der Waals surface area contributed by atoms with Gasteiger partial charge in [0, 0.05) is 12.0 Å². The van der Waals surface area contributed by atoms with Crippen molar-refractivity contribution in [1.29, 1.82) is 0 Å². The second-order valence-electron chi connectivity index (χ2n) is 6.45. The van der Waals surface area contributed by atoms with Gasteiger partial charge in [-0.05, 0) is 61.7 Å². The summed E-state index contributed by atoms with van der Waals surface area (Å²) < 4.78 is 11.5. The molecular formula is C20H22O3. The lowest BCUT2D eigenvalue weighted by Crippen LogP contribution is -2.24. The molecular weight excluding hydrogens is 288 g/mol. The highest BCUT2D eigenvalue weighted by Gasteiger charge is 2.15. The first-order chi connectivity index (χ1) is 11.0. The number of ether oxygens (including phenoxy) is 2. The van der Waals surface area contributed by atoms with Crippen LogP contribution in [-0.4, -0.2) is 23.6 Å². The Morgan fingerprint density at radius 3 is 2.65 bits per heavy atom. The fourth-order valence-corrected chi connectivity index (χ4v) is 2.56. The van der Waals surface area contributed by atoms with Gasteiger partial charge in [0.05, 0.1) is 6.61 Å². The molecule has 1 fully saturated rings. The van der Waals surface area contributed by atoms with E-state index in [4.69, 9.17) is 9.47 Å². The van der Waals surface area contributed by atoms with E-state index >= 15 is 0 Å². The predicted octanol–water partition coefficient (Wildman–Crippen LogP) is 3.87. The lowest BCUT2D eigenvalue weighted by atomic mass is 10.1. The standard InChI is InChI=1S/C20H22O3/c1-20(2,21)11-10-15-6-7-17-14-18(9-8-16(17)13-15)23-19-5-3-4-12-22-19/h6-9,13-14,19,21H,3-5,12H2,1-2H3. The van der Waals surface area contributed by atoms with E-state index < -0.39 is 5.60 Å². The number of rotatable bonds is 2. The van der Waals surface area contributed by atoms with Gasteiger partial charge in [-0.1, -0.05) is 24.0 Å². The molecule has 1 atom stereocenters. The fraction of sp³-hybridized carbons (Fsp3) is 0.400. The smallest absolute Gasteiger partial charge is 0.199 e. The predicted molar refractivity (Wildman–Crippen MR) is 91.3 cm³/mol. The minimum atomic E-state index is -0.980. The zero-order valence-corrected chi connectivity index (χ0v) is 13.6. The molecule has 120 valence electrons. The Kier molecular flexibility index (Phi) is 4.56. The quantitative estimate of drug-likeness (QED) is 0.856. The van der Waals surface area contributed by atoms with Crippen LogP contribution in [0.1, 0.15) is 38.7 Å². The van der Waals surface area contributed by atoms with Gasteiger partial charge in [-0.25, -0.2) is 0 Å². The van der Waals surface area contributed by atoms with Crippen molar-refractivity contribution in [1.82, 2.24) is 0 Å². The molecule has 1 heterocycles. The van der Waals surface area contributed by atoms with E-state index in [0.717, 1.165) is 48.0 Å². The van der Waals surface area contributed by atoms with Gasteiger partial charge in [-0.2, -0.15) is 0 Å². The van der Waals surface area contributed by atoms with E-state index in [9.17, 15) is 5.11 Å². The summed E-state index contributed by atoms with van der Waals surface area (Å²) in [7, 11) is 0. The number of hydrogen-bond donors (Lipinski definition) is 1. The van der Waals surface area contributed by atoms with Crippen molar-refractivity contribution in [3.05, 3.63) is 42.0 Å². The Bertz CT molecular complexity index is 741. The Morgan fingerprint density at radius 2 is 1.91 bits per heavy atom. The van der Waals surface area contributed by atoms with E-state index in [1.54, 1.807) is 13.8 Å². The summed E-state index contributed by atoms with van der Waals surface area (Å²) >= 11 is 0. The molecule has 0 amide bonds. The minimum Gasteiger partial charge on any atom is -0.465 e. The van der Waals surface area contributed by atoms with Gasteiger partial charge >= 0.3 is 0 Å². The molecule has 0 saturated carbocycles. The number of benzene rings is 2. The molecule has 0 bridgehead atoms. The van der Waals surface area contributed by atoms with Crippen molar-refractivity contribution in [2.75, 3.05) is 6.61 Å². The van der Waals surface area contributed by atoms with Crippen molar-refractivity contribution in [2.24, 2.45) is 0 Å². The first-order valence-corrected chi connectivity index (χ1v) is 8.07. The van der Waals surface area contributed by atoms with E-state index in [2.05, 4.69) is 11.8 Å². The van der Waals surface area contributed by atoms with Crippen LogP contribution < -0.4 is 4.74 Å². The van der Waals surface area contributed by atoms with Crippen LogP contribution in [0.15, 0.2) is 36.4 Å². The second-order valence-corrected chi connectivity index (χ2v) is 6.45. The van der Waals surface area contributed by atoms with Gasteiger partial charge in [0.2, 0.25) is 0 Å². The highest BCUT2D eigenvalue weighted by Crippen LogP contribution is 2.24. The van der Waals surface area contributed by atoms with E-state index in [0.29, 0.717) is 0 Å². The van der Waals surface area contributed by atoms with Crippen LogP contribution in [0.5, 0.6) is 5.75 Å². The Hall–Kier alpha value is -2.02. The van der Waals surface area contributed by atoms with Gasteiger partial charge < -0.3 is 14.6 Å². The largest absolute Gasteiger partial charge is 0.465 e. The van der Waals surface area contributed by atoms with Crippen LogP contribution in [-0.2, 0) is 4.74 Å². The summed E-state index contributed by atoms with van der Waals surface area (Å²) in [5.41, 5.74) is -0.0870. The maximum Gasteiger partial charge on any atom is 0.199 e. The summed E-state index contributed by atoms with van der Waals surface area (Å²) in [6.45, 7) is 4.14. The van der Waals surface area contributed by atoms with Crippen LogP contribution in [0.25, 0.3) is 10.8 Å². The summed E-state index contributed by atoms with van der Waals surface area (Å²) in [4.78, 5) is 0. The van der Waals surface area contributed by atoms with Gasteiger partial charge in [0.25, 0.3) is 0 Å². The van der Waals surface area contributed by atoms with E-state index in [-0.39, 0.29) is 6.29 Å². The third kappa shape index (κ3) is 4.48. The third-order valence-electron chi connectivity index (χ3n) is 3.73. The number of fused-ring (bicyclic) bond motifs is 1. The first-order valence-electron chi connectivity index (χ1n) is 8.07. The molecule has 3 rings (SSSR count). The average Bonchev–Trinajstić information content (AvgIpc) is 2.53. The van der Waals surface area contributed by atoms with Gasteiger partial charge in [-0.3, -0.25) is 0 Å². The molecule has 1 aliphatic heterocycles. The van der Waals surface area contributed by atoms with E-state index in [1.807, 2.05) is 36.4 Å². The first kappa shape index (κ1) is 15.9. The molecule has 2 aromatic rings. The molecule has 0 aromatic heterocycles. The fourth-order valence-electron chi connectivity index (χ4n) is 2.56. The molecule has 2 aromatic carbocycles. The third-order valence-corrected chi connectivity index (χ3v) is 3.73. The second kappa shape index (κ2) is 6.62. The minimum absolute atomic E-state index is 0.127. The van der Waals surface area contributed by atoms with Crippen LogP contribution in [0.2, 0.25) is 0 Å². The topological polar surface area (TPSA) is 38.7 Å². The van der Waals surface area contributed by atoms with Gasteiger partial charge in [-0.15, -0.1) is 0 Å². The SMILES string of the molecule is CC(C)(O)C#Cc1ccc2cc(OC3CCCCO3)ccc2c1. The van der Waals surface area contributed by atoms with Crippen LogP contribution in [0.4, 0.5) is 0 Å². The zero-order chi connectivity index (χ0) is 16.3. The number of hydrogen-bond acceptors (Lipinski definition) is 3. The van der Waals surface area contributed by atoms with Gasteiger partial charge in [0.15, 0.2) is 6.29 Å². The molecule has 1 N–H and O–H groups in total. The summed E-state index contributed by atoms with van der Waals surface area (Å²) in [5, 5.41) is 11.9. The van der Waals surface area contributed by atoms with Crippen LogP contribution in [0, 0.1) is 11.8 Å². The van der Waals surface area contributed by atoms with Gasteiger partial charge in [0.1, 0.15) is 11.4 Å². The van der Waals surface area contributed by atoms with Crippen LogP contribution >= 0.6 is 0 Å². The molecule has 0 radical (unpaired) electrons. The lowest BCUT2D eigenvalue weighted by molar-refractivity contribution is -0.105. The van der Waals surface area contributed by atoms with Crippen molar-refractivity contribution in [3.8, 4) is 17.6 Å². The molecule has 1 saturated heterocycles. The molecule has 1 aliphatic rings. The molecule has 3 heteroatoms. The average molecular weight is 310 g/mol. The highest BCUT2D eigenvalue weighted by molar-refractivity contribution is 5.85. The number of aliphatic hydroxyl groups is 1. The molecule has 1 unspecified atom stereocenters. The van der Waals surface area contributed by atoms with Crippen molar-refractivity contribution < 1.29 is 14.6 Å². The maximum atomic E-state index is 9.68. The molecule has 0 spiro atoms. The molecule has 3 nitrogen and oxygen atoms in total. The zero-order valence-electron chi connectivity index (χ0n) is 13.6. The highest BCUT2D eigenvalue weighted by atomic mass is 16.7. The molecule has 0 aliphatic carbocycles. The van der Waals surface area contributed by atoms with Crippen molar-refractivity contribution in [2.45, 2.75) is 45.0 Å². The maximum absolute atomic E-state index is 9.68.